The fourth-order valence-electron chi connectivity index (χ4n) is 0.721. The molecule has 11 heavy (non-hydrogen) atoms. The van der Waals surface area contributed by atoms with Crippen molar-refractivity contribution >= 4 is 6.34 Å². The molecule has 2 nitrogen and oxygen atoms in total. The molecule has 0 aromatic rings. The highest BCUT2D eigenvalue weighted by atomic mass is 15.1. The molecular formula is C9H18N2. The van der Waals surface area contributed by atoms with E-state index in [1.54, 1.807) is 6.34 Å². The van der Waals surface area contributed by atoms with Crippen LogP contribution in [0.15, 0.2) is 17.3 Å². The van der Waals surface area contributed by atoms with E-state index in [-0.39, 0.29) is 0 Å². The minimum Gasteiger partial charge on any atom is -0.369 e. The summed E-state index contributed by atoms with van der Waals surface area (Å²) >= 11 is 0. The third kappa shape index (κ3) is 7.10. The van der Waals surface area contributed by atoms with Gasteiger partial charge in [-0.2, -0.15) is 0 Å². The third-order valence-electron chi connectivity index (χ3n) is 1.12. The van der Waals surface area contributed by atoms with E-state index >= 15 is 0 Å². The van der Waals surface area contributed by atoms with Gasteiger partial charge in [0.25, 0.3) is 0 Å². The van der Waals surface area contributed by atoms with Gasteiger partial charge in [0.05, 0.1) is 6.34 Å². The second kappa shape index (κ2) is 4.94. The summed E-state index contributed by atoms with van der Waals surface area (Å²) in [6.07, 6.45) is 2.76. The van der Waals surface area contributed by atoms with E-state index in [1.165, 1.54) is 0 Å². The number of nitrogens with zero attached hydrogens (tertiary/aromatic N) is 2. The number of rotatable bonds is 4. The molecule has 64 valence electrons. The van der Waals surface area contributed by atoms with Crippen molar-refractivity contribution in [3.05, 3.63) is 12.3 Å². The molecule has 0 atom stereocenters. The summed E-state index contributed by atoms with van der Waals surface area (Å²) < 4.78 is 0. The van der Waals surface area contributed by atoms with E-state index in [2.05, 4.69) is 25.4 Å². The van der Waals surface area contributed by atoms with Gasteiger partial charge in [0.1, 0.15) is 0 Å². The lowest BCUT2D eigenvalue weighted by Crippen LogP contribution is -2.07. The molecule has 0 unspecified atom stereocenters. The molecule has 0 aliphatic carbocycles. The molecule has 0 bridgehead atoms. The first-order chi connectivity index (χ1) is 5.02. The molecule has 0 radical (unpaired) electrons. The molecule has 0 heterocycles. The molecule has 0 saturated heterocycles. The van der Waals surface area contributed by atoms with Gasteiger partial charge >= 0.3 is 0 Å². The van der Waals surface area contributed by atoms with Gasteiger partial charge in [-0.3, -0.25) is 0 Å². The Hall–Kier alpha value is -0.790. The smallest absolute Gasteiger partial charge is 0.0902 e. The monoisotopic (exact) mass is 154 g/mol. The van der Waals surface area contributed by atoms with Crippen LogP contribution in [0.1, 0.15) is 20.3 Å². The minimum atomic E-state index is 0.641. The van der Waals surface area contributed by atoms with Crippen LogP contribution in [0.25, 0.3) is 0 Å². The molecule has 0 N–H and O–H groups in total. The molecule has 0 aliphatic rings. The van der Waals surface area contributed by atoms with E-state index in [0.29, 0.717) is 5.92 Å². The summed E-state index contributed by atoms with van der Waals surface area (Å²) in [5, 5.41) is 0. The van der Waals surface area contributed by atoms with Crippen LogP contribution in [0.2, 0.25) is 0 Å². The van der Waals surface area contributed by atoms with Crippen LogP contribution in [0.3, 0.4) is 0 Å². The lowest BCUT2D eigenvalue weighted by Gasteiger charge is -2.05. The van der Waals surface area contributed by atoms with Gasteiger partial charge in [-0.15, -0.1) is 0 Å². The summed E-state index contributed by atoms with van der Waals surface area (Å²) in [6, 6.07) is 0. The van der Waals surface area contributed by atoms with Gasteiger partial charge in [0.2, 0.25) is 0 Å². The number of hydrogen-bond donors (Lipinski definition) is 0. The maximum atomic E-state index is 4.17. The predicted molar refractivity (Wildman–Crippen MR) is 50.8 cm³/mol. The summed E-state index contributed by atoms with van der Waals surface area (Å²) in [5.74, 6) is 0.641. The summed E-state index contributed by atoms with van der Waals surface area (Å²) in [4.78, 5) is 6.08. The zero-order chi connectivity index (χ0) is 8.85. The Balaban J connectivity index is 3.69. The van der Waals surface area contributed by atoms with Crippen LogP contribution < -0.4 is 0 Å². The standard InChI is InChI=1S/C9H18N2/c1-8(2)6-9(3)10-7-11(4)5/h7-8H,3,6H2,1-2,4-5H3/b10-7-. The molecule has 2 heteroatoms. The van der Waals surface area contributed by atoms with Crippen molar-refractivity contribution < 1.29 is 0 Å². The first-order valence-corrected chi connectivity index (χ1v) is 3.90. The van der Waals surface area contributed by atoms with Gasteiger partial charge in [-0.1, -0.05) is 20.4 Å². The lowest BCUT2D eigenvalue weighted by molar-refractivity contribution is 0.624. The van der Waals surface area contributed by atoms with Gasteiger partial charge < -0.3 is 4.90 Å². The van der Waals surface area contributed by atoms with E-state index < -0.39 is 0 Å². The van der Waals surface area contributed by atoms with Crippen LogP contribution in [-0.4, -0.2) is 25.3 Å². The number of allylic oxidation sites excluding steroid dienone is 1. The number of hydrogen-bond acceptors (Lipinski definition) is 1. The SMILES string of the molecule is C=C(CC(C)C)/N=C\N(C)C. The minimum absolute atomic E-state index is 0.641. The highest BCUT2D eigenvalue weighted by Crippen LogP contribution is 2.08. The van der Waals surface area contributed by atoms with Crippen molar-refractivity contribution in [2.75, 3.05) is 14.1 Å². The average Bonchev–Trinajstić information content (AvgIpc) is 1.82. The van der Waals surface area contributed by atoms with E-state index in [1.807, 2.05) is 19.0 Å². The van der Waals surface area contributed by atoms with Crippen LogP contribution in [-0.2, 0) is 0 Å². The topological polar surface area (TPSA) is 15.6 Å². The molecule has 0 spiro atoms. The molecule has 0 rings (SSSR count). The maximum Gasteiger partial charge on any atom is 0.0902 e. The Bertz CT molecular complexity index is 146. The average molecular weight is 154 g/mol. The van der Waals surface area contributed by atoms with E-state index in [9.17, 15) is 0 Å². The van der Waals surface area contributed by atoms with Gasteiger partial charge in [-0.05, 0) is 12.3 Å². The zero-order valence-corrected chi connectivity index (χ0v) is 7.96. The van der Waals surface area contributed by atoms with E-state index in [0.717, 1.165) is 12.1 Å². The van der Waals surface area contributed by atoms with Crippen molar-refractivity contribution in [1.29, 1.82) is 0 Å². The fourth-order valence-corrected chi connectivity index (χ4v) is 0.721. The second-order valence-electron chi connectivity index (χ2n) is 3.37. The Morgan fingerprint density at radius 3 is 2.45 bits per heavy atom. The third-order valence-corrected chi connectivity index (χ3v) is 1.12. The highest BCUT2D eigenvalue weighted by Gasteiger charge is 1.95. The summed E-state index contributed by atoms with van der Waals surface area (Å²) in [7, 11) is 3.90. The summed E-state index contributed by atoms with van der Waals surface area (Å²) in [6.45, 7) is 8.17. The molecular weight excluding hydrogens is 136 g/mol. The Kier molecular flexibility index (Phi) is 4.59. The van der Waals surface area contributed by atoms with E-state index in [4.69, 9.17) is 0 Å². The first kappa shape index (κ1) is 10.2. The molecule has 0 saturated carbocycles. The van der Waals surface area contributed by atoms with Crippen molar-refractivity contribution in [3.63, 3.8) is 0 Å². The predicted octanol–water partition coefficient (Wildman–Crippen LogP) is 2.14. The van der Waals surface area contributed by atoms with Crippen LogP contribution >= 0.6 is 0 Å². The van der Waals surface area contributed by atoms with Crippen LogP contribution in [0.5, 0.6) is 0 Å². The Labute approximate surface area is 69.6 Å². The van der Waals surface area contributed by atoms with Crippen molar-refractivity contribution in [3.8, 4) is 0 Å². The maximum absolute atomic E-state index is 4.17. The quantitative estimate of drug-likeness (QED) is 0.447. The normalized spacial score (nSPS) is 11.0. The molecule has 0 amide bonds. The van der Waals surface area contributed by atoms with Crippen molar-refractivity contribution in [2.24, 2.45) is 10.9 Å². The lowest BCUT2D eigenvalue weighted by atomic mass is 10.1. The molecule has 0 fully saturated rings. The van der Waals surface area contributed by atoms with Gasteiger partial charge in [0.15, 0.2) is 0 Å². The van der Waals surface area contributed by atoms with Gasteiger partial charge in [-0.25, -0.2) is 4.99 Å². The molecule has 0 aromatic carbocycles. The fraction of sp³-hybridized carbons (Fsp3) is 0.667. The highest BCUT2D eigenvalue weighted by molar-refractivity contribution is 5.55. The van der Waals surface area contributed by atoms with Crippen molar-refractivity contribution in [1.82, 2.24) is 4.90 Å². The largest absolute Gasteiger partial charge is 0.369 e. The number of aliphatic imine (C=N–C) groups is 1. The van der Waals surface area contributed by atoms with Crippen LogP contribution in [0, 0.1) is 5.92 Å². The summed E-state index contributed by atoms with van der Waals surface area (Å²) in [5.41, 5.74) is 0.953. The molecule has 0 aromatic heterocycles. The van der Waals surface area contributed by atoms with Gasteiger partial charge in [0, 0.05) is 19.8 Å². The zero-order valence-electron chi connectivity index (χ0n) is 7.96. The molecule has 0 aliphatic heterocycles. The Morgan fingerprint density at radius 2 is 2.09 bits per heavy atom. The first-order valence-electron chi connectivity index (χ1n) is 3.90. The Morgan fingerprint density at radius 1 is 1.55 bits per heavy atom. The second-order valence-corrected chi connectivity index (χ2v) is 3.37. The van der Waals surface area contributed by atoms with Crippen LogP contribution in [0.4, 0.5) is 0 Å². The van der Waals surface area contributed by atoms with Crippen molar-refractivity contribution in [2.45, 2.75) is 20.3 Å².